The van der Waals surface area contributed by atoms with Gasteiger partial charge in [0.15, 0.2) is 0 Å². The van der Waals surface area contributed by atoms with Crippen LogP contribution in [0.15, 0.2) is 11.0 Å². The number of carbonyl (C=O) groups excluding carboxylic acids is 2. The minimum Gasteiger partial charge on any atom is -0.458 e. The minimum atomic E-state index is -3.77. The molecule has 3 fully saturated rings. The van der Waals surface area contributed by atoms with E-state index in [1.165, 1.54) is 19.9 Å². The molecule has 3 aliphatic rings. The number of aryl methyl sites for hydroxylation is 1. The van der Waals surface area contributed by atoms with Crippen molar-refractivity contribution in [2.24, 2.45) is 17.3 Å². The average Bonchev–Trinajstić information content (AvgIpc) is 3.50. The zero-order valence-corrected chi connectivity index (χ0v) is 27.7. The van der Waals surface area contributed by atoms with Crippen LogP contribution in [-0.2, 0) is 29.3 Å². The van der Waals surface area contributed by atoms with Crippen molar-refractivity contribution in [3.8, 4) is 0 Å². The van der Waals surface area contributed by atoms with Crippen LogP contribution >= 0.6 is 11.3 Å². The second-order valence-corrected chi connectivity index (χ2v) is 15.8. The highest BCUT2D eigenvalue weighted by molar-refractivity contribution is 7.87. The van der Waals surface area contributed by atoms with E-state index in [0.717, 1.165) is 10.7 Å². The first-order valence-electron chi connectivity index (χ1n) is 15.2. The molecule has 3 aliphatic heterocycles. The maximum Gasteiger partial charge on any atom is 0.309 e. The molecule has 1 aromatic heterocycles. The fourth-order valence-corrected chi connectivity index (χ4v) is 8.85. The molecule has 2 N–H and O–H groups in total. The van der Waals surface area contributed by atoms with E-state index in [0.29, 0.717) is 38.0 Å². The number of fused-ring (bicyclic) bond motifs is 1. The number of ketones is 1. The van der Waals surface area contributed by atoms with Crippen molar-refractivity contribution < 1.29 is 37.7 Å². The first kappa shape index (κ1) is 34.1. The number of Topliss-reactive ketones (excluding diaryl/α,β-unsaturated/α-hetero) is 1. The molecule has 0 radical (unpaired) electrons. The standard InChI is InChI=1S/C30H47N3O8S2/c1-18-8-7-9-23-24(33(23)43(38,39)32-10-12-40-13-11-32)15-25(19(2)14-22-17-42-21(4)31-22)41-27(35)16-26(34)30(5,6)29(37)20(3)28(18)36/h14,17-18,20,23-26,28,34,36H,7-13,15-16H2,1-6H3/t18-,20-,23+,24-,25-,26-,28-,33?/m0/s1. The van der Waals surface area contributed by atoms with Gasteiger partial charge in [-0.05, 0) is 44.3 Å². The summed E-state index contributed by atoms with van der Waals surface area (Å²) < 4.78 is 41.8. The number of morpholine rings is 1. The summed E-state index contributed by atoms with van der Waals surface area (Å²) in [6.45, 7) is 11.7. The Morgan fingerprint density at radius 2 is 1.81 bits per heavy atom. The highest BCUT2D eigenvalue weighted by Crippen LogP contribution is 2.42. The van der Waals surface area contributed by atoms with Gasteiger partial charge in [-0.2, -0.15) is 17.0 Å². The van der Waals surface area contributed by atoms with E-state index < -0.39 is 52.2 Å². The predicted octanol–water partition coefficient (Wildman–Crippen LogP) is 2.95. The third-order valence-corrected chi connectivity index (χ3v) is 12.2. The molecule has 242 valence electrons. The van der Waals surface area contributed by atoms with Crippen molar-refractivity contribution in [3.63, 3.8) is 0 Å². The van der Waals surface area contributed by atoms with E-state index in [1.807, 2.05) is 32.2 Å². The van der Waals surface area contributed by atoms with Gasteiger partial charge < -0.3 is 19.7 Å². The average molecular weight is 642 g/mol. The third-order valence-electron chi connectivity index (χ3n) is 9.32. The van der Waals surface area contributed by atoms with E-state index in [-0.39, 0.29) is 43.3 Å². The van der Waals surface area contributed by atoms with Crippen molar-refractivity contribution in [2.45, 2.75) is 104 Å². The van der Waals surface area contributed by atoms with Gasteiger partial charge in [-0.3, -0.25) is 9.59 Å². The summed E-state index contributed by atoms with van der Waals surface area (Å²) in [6, 6.07) is -0.676. The molecule has 1 aromatic rings. The zero-order chi connectivity index (χ0) is 31.7. The normalized spacial score (nSPS) is 35.7. The van der Waals surface area contributed by atoms with Gasteiger partial charge in [-0.25, -0.2) is 4.98 Å². The number of thiazole rings is 1. The van der Waals surface area contributed by atoms with E-state index >= 15 is 0 Å². The number of esters is 1. The van der Waals surface area contributed by atoms with Crippen molar-refractivity contribution in [3.05, 3.63) is 21.7 Å². The monoisotopic (exact) mass is 641 g/mol. The van der Waals surface area contributed by atoms with Crippen LogP contribution in [-0.4, -0.2) is 101 Å². The van der Waals surface area contributed by atoms with Crippen molar-refractivity contribution in [2.75, 3.05) is 26.3 Å². The lowest BCUT2D eigenvalue weighted by Crippen LogP contribution is -2.45. The summed E-state index contributed by atoms with van der Waals surface area (Å²) >= 11 is 1.50. The smallest absolute Gasteiger partial charge is 0.309 e. The van der Waals surface area contributed by atoms with Gasteiger partial charge in [0, 0.05) is 42.9 Å². The fraction of sp³-hybridized carbons (Fsp3) is 0.767. The number of aliphatic hydroxyl groups excluding tert-OH is 2. The van der Waals surface area contributed by atoms with Crippen molar-refractivity contribution >= 4 is 39.4 Å². The molecule has 0 amide bonds. The van der Waals surface area contributed by atoms with E-state index in [9.17, 15) is 28.2 Å². The van der Waals surface area contributed by atoms with Gasteiger partial charge >= 0.3 is 5.97 Å². The van der Waals surface area contributed by atoms with Crippen LogP contribution in [0.1, 0.15) is 77.4 Å². The molecular formula is C30H47N3O8S2. The van der Waals surface area contributed by atoms with Crippen LogP contribution in [0.2, 0.25) is 0 Å². The molecule has 4 heterocycles. The number of aliphatic hydroxyl groups is 2. The van der Waals surface area contributed by atoms with E-state index in [4.69, 9.17) is 9.47 Å². The molecule has 0 spiro atoms. The Labute approximate surface area is 259 Å². The number of hydrogen-bond acceptors (Lipinski definition) is 10. The largest absolute Gasteiger partial charge is 0.458 e. The number of carbonyl (C=O) groups is 2. The van der Waals surface area contributed by atoms with Gasteiger partial charge in [0.1, 0.15) is 11.9 Å². The molecule has 3 saturated heterocycles. The maximum atomic E-state index is 13.7. The zero-order valence-electron chi connectivity index (χ0n) is 26.1. The highest BCUT2D eigenvalue weighted by atomic mass is 32.2. The third kappa shape index (κ3) is 7.74. The van der Waals surface area contributed by atoms with Gasteiger partial charge in [0.05, 0.1) is 48.0 Å². The lowest BCUT2D eigenvalue weighted by atomic mass is 9.73. The summed E-state index contributed by atoms with van der Waals surface area (Å²) in [5.41, 5.74) is 0.144. The molecule has 8 atom stereocenters. The molecule has 11 nitrogen and oxygen atoms in total. The number of rotatable bonds is 4. The Bertz CT molecular complexity index is 1290. The van der Waals surface area contributed by atoms with Crippen molar-refractivity contribution in [1.82, 2.24) is 13.6 Å². The maximum absolute atomic E-state index is 13.7. The van der Waals surface area contributed by atoms with Crippen LogP contribution < -0.4 is 0 Å². The highest BCUT2D eigenvalue weighted by Gasteiger charge is 2.57. The Morgan fingerprint density at radius 1 is 1.14 bits per heavy atom. The van der Waals surface area contributed by atoms with Crippen LogP contribution in [0.5, 0.6) is 0 Å². The molecule has 1 unspecified atom stereocenters. The predicted molar refractivity (Wildman–Crippen MR) is 163 cm³/mol. The van der Waals surface area contributed by atoms with E-state index in [1.54, 1.807) is 20.8 Å². The Balaban J connectivity index is 1.66. The molecule has 0 saturated carbocycles. The van der Waals surface area contributed by atoms with Crippen LogP contribution in [0.25, 0.3) is 6.08 Å². The second-order valence-electron chi connectivity index (χ2n) is 12.9. The van der Waals surface area contributed by atoms with Gasteiger partial charge in [0.25, 0.3) is 10.2 Å². The lowest BCUT2D eigenvalue weighted by Gasteiger charge is -2.34. The second kappa shape index (κ2) is 13.7. The van der Waals surface area contributed by atoms with Gasteiger partial charge in [-0.15, -0.1) is 11.3 Å². The summed E-state index contributed by atoms with van der Waals surface area (Å²) in [6.07, 6.45) is 0.483. The first-order chi connectivity index (χ1) is 20.1. The molecule has 13 heteroatoms. The van der Waals surface area contributed by atoms with Crippen LogP contribution in [0, 0.1) is 24.2 Å². The minimum absolute atomic E-state index is 0.217. The lowest BCUT2D eigenvalue weighted by molar-refractivity contribution is -0.154. The topological polar surface area (TPSA) is 146 Å². The molecular weight excluding hydrogens is 594 g/mol. The van der Waals surface area contributed by atoms with Gasteiger partial charge in [-0.1, -0.05) is 34.1 Å². The van der Waals surface area contributed by atoms with E-state index in [2.05, 4.69) is 4.98 Å². The molecule has 4 rings (SSSR count). The number of hydrogen-bond donors (Lipinski definition) is 2. The number of aromatic nitrogens is 1. The summed E-state index contributed by atoms with van der Waals surface area (Å²) in [5, 5.41) is 24.9. The number of nitrogens with zero attached hydrogens (tertiary/aromatic N) is 3. The van der Waals surface area contributed by atoms with Crippen LogP contribution in [0.3, 0.4) is 0 Å². The molecule has 0 aliphatic carbocycles. The molecule has 43 heavy (non-hydrogen) atoms. The Hall–Kier alpha value is -1.74. The van der Waals surface area contributed by atoms with Crippen molar-refractivity contribution in [1.29, 1.82) is 0 Å². The van der Waals surface area contributed by atoms with Crippen LogP contribution in [0.4, 0.5) is 0 Å². The summed E-state index contributed by atoms with van der Waals surface area (Å²) in [4.78, 5) is 31.1. The number of ether oxygens (including phenoxy) is 2. The molecule has 0 aromatic carbocycles. The quantitative estimate of drug-likeness (QED) is 0.374. The summed E-state index contributed by atoms with van der Waals surface area (Å²) in [5.74, 6) is -1.98. The summed E-state index contributed by atoms with van der Waals surface area (Å²) in [7, 11) is -3.77. The number of cyclic esters (lactones) is 1. The Kier molecular flexibility index (Phi) is 10.9. The fourth-order valence-electron chi connectivity index (χ4n) is 6.30. The SMILES string of the molecule is CC(=Cc1csc(C)n1)[C@@H]1C[C@H]2[C@@H](CCC[C@H](C)[C@H](O)[C@H](C)C(=O)C(C)(C)[C@@H](O)CC(=O)O1)N2S(=O)(=O)N1CCOCC1. The first-order valence-corrected chi connectivity index (χ1v) is 17.5. The van der Waals surface area contributed by atoms with Gasteiger partial charge in [0.2, 0.25) is 0 Å². The molecule has 0 bridgehead atoms. The Morgan fingerprint density at radius 3 is 2.44 bits per heavy atom.